The van der Waals surface area contributed by atoms with E-state index in [-0.39, 0.29) is 11.6 Å². The van der Waals surface area contributed by atoms with E-state index in [2.05, 4.69) is 5.32 Å². The number of nitrogen functional groups attached to an aromatic ring is 1. The van der Waals surface area contributed by atoms with Crippen LogP contribution in [-0.2, 0) is 6.54 Å². The monoisotopic (exact) mass is 264 g/mol. The number of nitrogens with one attached hydrogen (secondary N) is 1. The average molecular weight is 264 g/mol. The molecule has 0 atom stereocenters. The van der Waals surface area contributed by atoms with Crippen LogP contribution in [0, 0.1) is 12.7 Å². The van der Waals surface area contributed by atoms with Gasteiger partial charge in [0.15, 0.2) is 0 Å². The van der Waals surface area contributed by atoms with E-state index in [9.17, 15) is 9.18 Å². The van der Waals surface area contributed by atoms with Crippen molar-refractivity contribution in [2.75, 3.05) is 5.73 Å². The van der Waals surface area contributed by atoms with Crippen LogP contribution in [0.25, 0.3) is 0 Å². The Morgan fingerprint density at radius 3 is 2.78 bits per heavy atom. The molecule has 3 nitrogen and oxygen atoms in total. The second-order valence-electron chi connectivity index (χ2n) is 3.93. The molecule has 3 N–H and O–H groups in total. The molecule has 0 aliphatic carbocycles. The maximum absolute atomic E-state index is 13.0. The van der Waals surface area contributed by atoms with E-state index in [0.717, 1.165) is 4.88 Å². The summed E-state index contributed by atoms with van der Waals surface area (Å²) in [7, 11) is 0. The van der Waals surface area contributed by atoms with Crippen molar-refractivity contribution in [3.8, 4) is 0 Å². The van der Waals surface area contributed by atoms with Gasteiger partial charge in [-0.3, -0.25) is 4.79 Å². The number of hydrogen-bond donors (Lipinski definition) is 2. The molecular weight excluding hydrogens is 251 g/mol. The van der Waals surface area contributed by atoms with Crippen molar-refractivity contribution in [2.24, 2.45) is 0 Å². The van der Waals surface area contributed by atoms with Crippen LogP contribution in [0.15, 0.2) is 30.3 Å². The Kier molecular flexibility index (Phi) is 3.62. The fourth-order valence-corrected chi connectivity index (χ4v) is 2.36. The van der Waals surface area contributed by atoms with Gasteiger partial charge >= 0.3 is 0 Å². The fourth-order valence-electron chi connectivity index (χ4n) is 1.53. The molecule has 0 aliphatic heterocycles. The van der Waals surface area contributed by atoms with E-state index in [1.165, 1.54) is 23.1 Å². The van der Waals surface area contributed by atoms with Gasteiger partial charge in [-0.1, -0.05) is 0 Å². The quantitative estimate of drug-likeness (QED) is 0.837. The van der Waals surface area contributed by atoms with Crippen molar-refractivity contribution in [2.45, 2.75) is 13.5 Å². The number of carbonyl (C=O) groups is 1. The van der Waals surface area contributed by atoms with Crippen LogP contribution in [0.5, 0.6) is 0 Å². The summed E-state index contributed by atoms with van der Waals surface area (Å²) in [6, 6.07) is 7.92. The zero-order valence-electron chi connectivity index (χ0n) is 9.87. The highest BCUT2D eigenvalue weighted by atomic mass is 32.1. The van der Waals surface area contributed by atoms with Gasteiger partial charge in [-0.15, -0.1) is 11.3 Å². The summed E-state index contributed by atoms with van der Waals surface area (Å²) in [5, 5.41) is 2.77. The molecule has 1 amide bonds. The molecule has 0 aliphatic rings. The van der Waals surface area contributed by atoms with Gasteiger partial charge in [0.2, 0.25) is 0 Å². The molecule has 5 heteroatoms. The molecule has 0 unspecified atom stereocenters. The number of halogens is 1. The van der Waals surface area contributed by atoms with Crippen molar-refractivity contribution in [3.63, 3.8) is 0 Å². The van der Waals surface area contributed by atoms with Crippen molar-refractivity contribution >= 4 is 22.9 Å². The lowest BCUT2D eigenvalue weighted by atomic mass is 10.2. The number of thiophene rings is 1. The predicted molar refractivity (Wildman–Crippen MR) is 71.0 cm³/mol. The maximum Gasteiger partial charge on any atom is 0.251 e. The molecule has 0 fully saturated rings. The Hall–Kier alpha value is -1.88. The largest absolute Gasteiger partial charge is 0.396 e. The zero-order valence-corrected chi connectivity index (χ0v) is 10.7. The summed E-state index contributed by atoms with van der Waals surface area (Å²) < 4.78 is 13.0. The van der Waals surface area contributed by atoms with Crippen molar-refractivity contribution < 1.29 is 9.18 Å². The minimum absolute atomic E-state index is 0.0189. The second-order valence-corrected chi connectivity index (χ2v) is 5.30. The lowest BCUT2D eigenvalue weighted by molar-refractivity contribution is 0.0951. The number of amides is 1. The third-order valence-corrected chi connectivity index (χ3v) is 3.48. The first kappa shape index (κ1) is 12.6. The first-order chi connectivity index (χ1) is 8.56. The van der Waals surface area contributed by atoms with E-state index < -0.39 is 5.82 Å². The van der Waals surface area contributed by atoms with Gasteiger partial charge in [0.05, 0.1) is 12.2 Å². The zero-order chi connectivity index (χ0) is 13.1. The van der Waals surface area contributed by atoms with E-state index in [0.29, 0.717) is 12.1 Å². The molecule has 2 rings (SSSR count). The summed E-state index contributed by atoms with van der Waals surface area (Å²) in [5.74, 6) is -0.770. The molecule has 18 heavy (non-hydrogen) atoms. The first-order valence-electron chi connectivity index (χ1n) is 5.45. The lowest BCUT2D eigenvalue weighted by Gasteiger charge is -2.05. The summed E-state index contributed by atoms with van der Waals surface area (Å²) in [6.45, 7) is 2.48. The summed E-state index contributed by atoms with van der Waals surface area (Å²) >= 11 is 1.63. The molecule has 0 saturated heterocycles. The Balaban J connectivity index is 2.01. The van der Waals surface area contributed by atoms with Crippen LogP contribution in [0.1, 0.15) is 20.1 Å². The van der Waals surface area contributed by atoms with Crippen molar-refractivity contribution in [1.82, 2.24) is 5.32 Å². The third-order valence-electron chi connectivity index (χ3n) is 2.48. The van der Waals surface area contributed by atoms with Crippen LogP contribution in [0.2, 0.25) is 0 Å². The highest BCUT2D eigenvalue weighted by Crippen LogP contribution is 2.15. The van der Waals surface area contributed by atoms with Gasteiger partial charge in [0, 0.05) is 15.3 Å². The molecule has 94 valence electrons. The fraction of sp³-hybridized carbons (Fsp3) is 0.154. The minimum atomic E-state index is -0.513. The van der Waals surface area contributed by atoms with Crippen LogP contribution in [0.3, 0.4) is 0 Å². The van der Waals surface area contributed by atoms with Crippen molar-refractivity contribution in [1.29, 1.82) is 0 Å². The third kappa shape index (κ3) is 2.87. The van der Waals surface area contributed by atoms with Gasteiger partial charge in [0.25, 0.3) is 5.91 Å². The van der Waals surface area contributed by atoms with Gasteiger partial charge in [-0.05, 0) is 37.3 Å². The molecule has 1 heterocycles. The van der Waals surface area contributed by atoms with Crippen LogP contribution in [-0.4, -0.2) is 5.91 Å². The molecular formula is C13H13FN2OS. The molecule has 0 radical (unpaired) electrons. The minimum Gasteiger partial charge on any atom is -0.396 e. The number of hydrogen-bond acceptors (Lipinski definition) is 3. The highest BCUT2D eigenvalue weighted by Gasteiger charge is 2.08. The number of anilines is 1. The SMILES string of the molecule is Cc1ccc(CNC(=O)c2ccc(F)c(N)c2)s1. The molecule has 2 aromatic rings. The Morgan fingerprint density at radius 2 is 2.17 bits per heavy atom. The summed E-state index contributed by atoms with van der Waals surface area (Å²) in [6.07, 6.45) is 0. The molecule has 0 spiro atoms. The first-order valence-corrected chi connectivity index (χ1v) is 6.26. The average Bonchev–Trinajstić information content (AvgIpc) is 2.75. The molecule has 1 aromatic carbocycles. The number of aryl methyl sites for hydroxylation is 1. The van der Waals surface area contributed by atoms with Crippen LogP contribution in [0.4, 0.5) is 10.1 Å². The molecule has 0 saturated carbocycles. The van der Waals surface area contributed by atoms with Gasteiger partial charge in [-0.25, -0.2) is 4.39 Å². The topological polar surface area (TPSA) is 55.1 Å². The summed E-state index contributed by atoms with van der Waals surface area (Å²) in [4.78, 5) is 14.1. The highest BCUT2D eigenvalue weighted by molar-refractivity contribution is 7.11. The lowest BCUT2D eigenvalue weighted by Crippen LogP contribution is -2.22. The van der Waals surface area contributed by atoms with E-state index in [1.807, 2.05) is 19.1 Å². The Bertz CT molecular complexity index is 580. The maximum atomic E-state index is 13.0. The van der Waals surface area contributed by atoms with E-state index in [1.54, 1.807) is 11.3 Å². The normalized spacial score (nSPS) is 10.3. The van der Waals surface area contributed by atoms with E-state index in [4.69, 9.17) is 5.73 Å². The molecule has 0 bridgehead atoms. The Labute approximate surface area is 108 Å². The Morgan fingerprint density at radius 1 is 1.39 bits per heavy atom. The van der Waals surface area contributed by atoms with Gasteiger partial charge < -0.3 is 11.1 Å². The van der Waals surface area contributed by atoms with Crippen LogP contribution < -0.4 is 11.1 Å². The number of rotatable bonds is 3. The molecule has 1 aromatic heterocycles. The standard InChI is InChI=1S/C13H13FN2OS/c1-8-2-4-10(18-8)7-16-13(17)9-3-5-11(14)12(15)6-9/h2-6H,7,15H2,1H3,(H,16,17). The number of nitrogens with two attached hydrogens (primary N) is 1. The summed E-state index contributed by atoms with van der Waals surface area (Å²) in [5.41, 5.74) is 5.76. The second kappa shape index (κ2) is 5.18. The van der Waals surface area contributed by atoms with Crippen molar-refractivity contribution in [3.05, 3.63) is 51.5 Å². The van der Waals surface area contributed by atoms with Gasteiger partial charge in [0.1, 0.15) is 5.82 Å². The van der Waals surface area contributed by atoms with Gasteiger partial charge in [-0.2, -0.15) is 0 Å². The van der Waals surface area contributed by atoms with Crippen LogP contribution >= 0.6 is 11.3 Å². The number of carbonyl (C=O) groups excluding carboxylic acids is 1. The smallest absolute Gasteiger partial charge is 0.251 e. The number of benzene rings is 1. The predicted octanol–water partition coefficient (Wildman–Crippen LogP) is 2.71. The van der Waals surface area contributed by atoms with E-state index >= 15 is 0 Å².